The normalized spacial score (nSPS) is 16.6. The maximum absolute atomic E-state index is 13.9. The van der Waals surface area contributed by atoms with Crippen molar-refractivity contribution in [1.82, 2.24) is 21.3 Å². The average Bonchev–Trinajstić information content (AvgIpc) is 0.823. The van der Waals surface area contributed by atoms with Crippen molar-refractivity contribution < 1.29 is 42.8 Å². The topological polar surface area (TPSA) is 155 Å². The maximum Gasteiger partial charge on any atom is 0.251 e. The zero-order chi connectivity index (χ0) is 62.2. The number of carbonyl (C=O) groups is 3. The third-order valence-corrected chi connectivity index (χ3v) is 17.6. The first-order valence-corrected chi connectivity index (χ1v) is 31.9. The molecule has 0 fully saturated rings. The molecule has 0 heterocycles. The van der Waals surface area contributed by atoms with E-state index in [-0.39, 0.29) is 45.4 Å². The Morgan fingerprint density at radius 1 is 0.488 bits per heavy atom. The van der Waals surface area contributed by atoms with Crippen molar-refractivity contribution in [3.05, 3.63) is 141 Å². The molecular formula is C73H106N4O9. The molecular weight excluding hydrogens is 1080 g/mol. The van der Waals surface area contributed by atoms with Crippen molar-refractivity contribution in [2.24, 2.45) is 0 Å². The van der Waals surface area contributed by atoms with Crippen molar-refractivity contribution in [1.29, 1.82) is 0 Å². The van der Waals surface area contributed by atoms with E-state index in [1.165, 1.54) is 74.9 Å². The summed E-state index contributed by atoms with van der Waals surface area (Å²) < 4.78 is 32.8. The molecule has 86 heavy (non-hydrogen) atoms. The second-order valence-electron chi connectivity index (χ2n) is 26.4. The molecule has 0 saturated carbocycles. The molecule has 1 unspecified atom stereocenters. The van der Waals surface area contributed by atoms with Crippen LogP contribution in [-0.4, -0.2) is 123 Å². The van der Waals surface area contributed by atoms with Crippen LogP contribution in [0.25, 0.3) is 23.3 Å². The Morgan fingerprint density at radius 3 is 1.42 bits per heavy atom. The van der Waals surface area contributed by atoms with Gasteiger partial charge in [0.05, 0.1) is 59.5 Å². The number of unbranched alkanes of at least 4 members (excludes halogenated alkanes) is 1. The van der Waals surface area contributed by atoms with E-state index in [0.29, 0.717) is 117 Å². The first kappa shape index (κ1) is 69.6. The number of fused-ring (bicyclic) bond motifs is 2. The summed E-state index contributed by atoms with van der Waals surface area (Å²) >= 11 is 0. The fourth-order valence-corrected chi connectivity index (χ4v) is 11.5. The predicted molar refractivity (Wildman–Crippen MR) is 351 cm³/mol. The number of amides is 3. The van der Waals surface area contributed by atoms with Gasteiger partial charge in [0.1, 0.15) is 6.04 Å². The zero-order valence-corrected chi connectivity index (χ0v) is 54.5. The van der Waals surface area contributed by atoms with Crippen LogP contribution < -0.4 is 21.3 Å². The van der Waals surface area contributed by atoms with Crippen LogP contribution in [0.4, 0.5) is 0 Å². The van der Waals surface area contributed by atoms with Crippen molar-refractivity contribution in [2.75, 3.05) is 99.4 Å². The molecule has 472 valence electrons. The number of ether oxygens (including phenoxy) is 6. The predicted octanol–water partition coefficient (Wildman–Crippen LogP) is 13.3. The summed E-state index contributed by atoms with van der Waals surface area (Å²) in [5.41, 5.74) is 15.3. The Morgan fingerprint density at radius 2 is 0.919 bits per heavy atom. The van der Waals surface area contributed by atoms with Gasteiger partial charge in [-0.05, 0) is 180 Å². The van der Waals surface area contributed by atoms with Crippen molar-refractivity contribution >= 4 is 41.0 Å². The monoisotopic (exact) mass is 1180 g/mol. The third-order valence-electron chi connectivity index (χ3n) is 17.6. The average molecular weight is 1180 g/mol. The van der Waals surface area contributed by atoms with Crippen LogP contribution in [0.3, 0.4) is 0 Å². The Kier molecular flexibility index (Phi) is 27.8. The molecule has 2 aliphatic carbocycles. The number of nitrogens with one attached hydrogen (secondary N) is 4. The van der Waals surface area contributed by atoms with E-state index in [2.05, 4.69) is 170 Å². The van der Waals surface area contributed by atoms with Crippen LogP contribution in [0.2, 0.25) is 0 Å². The fraction of sp³-hybridized carbons (Fsp3) is 0.575. The molecule has 0 spiro atoms. The van der Waals surface area contributed by atoms with E-state index < -0.39 is 6.04 Å². The summed E-state index contributed by atoms with van der Waals surface area (Å²) in [4.78, 5) is 39.7. The number of benzene rings is 4. The second-order valence-corrected chi connectivity index (χ2v) is 26.4. The summed E-state index contributed by atoms with van der Waals surface area (Å²) in [6, 6.07) is 29.9. The third kappa shape index (κ3) is 22.0. The molecule has 2 aliphatic rings. The lowest BCUT2D eigenvalue weighted by Gasteiger charge is -2.42. The smallest absolute Gasteiger partial charge is 0.251 e. The molecule has 4 N–H and O–H groups in total. The summed E-state index contributed by atoms with van der Waals surface area (Å²) in [6.45, 7) is 32.3. The molecule has 0 aliphatic heterocycles. The first-order valence-electron chi connectivity index (χ1n) is 31.9. The van der Waals surface area contributed by atoms with Gasteiger partial charge in [0.2, 0.25) is 11.8 Å². The van der Waals surface area contributed by atoms with Gasteiger partial charge in [-0.2, -0.15) is 0 Å². The van der Waals surface area contributed by atoms with Gasteiger partial charge < -0.3 is 49.7 Å². The van der Waals surface area contributed by atoms with Crippen molar-refractivity contribution in [2.45, 2.75) is 174 Å². The van der Waals surface area contributed by atoms with Crippen molar-refractivity contribution in [3.63, 3.8) is 0 Å². The quantitative estimate of drug-likeness (QED) is 0.0253. The number of hydrogen-bond donors (Lipinski definition) is 4. The van der Waals surface area contributed by atoms with Crippen LogP contribution in [0, 0.1) is 0 Å². The Hall–Kier alpha value is -5.51. The molecule has 2 atom stereocenters. The Labute approximate surface area is 516 Å². The van der Waals surface area contributed by atoms with E-state index in [0.717, 1.165) is 31.4 Å². The molecule has 4 aromatic rings. The van der Waals surface area contributed by atoms with Gasteiger partial charge in [-0.15, -0.1) is 0 Å². The van der Waals surface area contributed by atoms with Crippen LogP contribution in [0.1, 0.15) is 207 Å². The maximum atomic E-state index is 13.9. The lowest BCUT2D eigenvalue weighted by atomic mass is 9.63. The fourth-order valence-electron chi connectivity index (χ4n) is 11.5. The Balaban J connectivity index is 0.931. The lowest BCUT2D eigenvalue weighted by Crippen LogP contribution is -2.47. The van der Waals surface area contributed by atoms with E-state index in [1.807, 2.05) is 24.3 Å². The number of carbonyl (C=O) groups excluding carboxylic acids is 3. The minimum atomic E-state index is -0.702. The van der Waals surface area contributed by atoms with E-state index in [9.17, 15) is 14.4 Å². The number of methoxy groups -OCH3 is 1. The first-order chi connectivity index (χ1) is 41.1. The molecule has 0 bridgehead atoms. The summed E-state index contributed by atoms with van der Waals surface area (Å²) in [7, 11) is 1.63. The van der Waals surface area contributed by atoms with Crippen LogP contribution in [0.15, 0.2) is 84.9 Å². The molecule has 4 aromatic carbocycles. The minimum Gasteiger partial charge on any atom is -0.382 e. The molecule has 0 radical (unpaired) electrons. The minimum absolute atomic E-state index is 0.0527. The van der Waals surface area contributed by atoms with Gasteiger partial charge in [0.15, 0.2) is 0 Å². The van der Waals surface area contributed by atoms with Crippen LogP contribution in [-0.2, 0) is 59.7 Å². The largest absolute Gasteiger partial charge is 0.382 e. The van der Waals surface area contributed by atoms with Gasteiger partial charge in [-0.25, -0.2) is 0 Å². The number of allylic oxidation sites excluding steroid dienone is 2. The number of rotatable bonds is 37. The zero-order valence-electron chi connectivity index (χ0n) is 54.5. The molecule has 13 heteroatoms. The van der Waals surface area contributed by atoms with Gasteiger partial charge in [-0.3, -0.25) is 14.4 Å². The molecule has 0 aromatic heterocycles. The standard InChI is InChI=1S/C73H106N4O9/c1-53(60-26-28-62-64(51-60)72(8,9)33-31-70(62,4)5)49-56-18-22-58(23-19-56)55(3)74-35-14-13-17-66(69(80)76-37-16-39-83-44-47-86-46-43-82-38-15-36-75-67(78)30-40-84-45-48-85-42-41-81-12)77-68(79)59-24-20-57(21-25-59)50-54(2)61-27-29-63-65(52-61)73(10,11)34-32-71(63,6)7/h18-29,49-52,55,66,74H,13-17,30-48H2,1-12H3,(H,75,78)(H,76,80)(H,77,79)/b53-49+,54-50+/t55?,66-/m1/s1. The van der Waals surface area contributed by atoms with Crippen LogP contribution >= 0.6 is 0 Å². The van der Waals surface area contributed by atoms with E-state index >= 15 is 0 Å². The van der Waals surface area contributed by atoms with Crippen LogP contribution in [0.5, 0.6) is 0 Å². The highest BCUT2D eigenvalue weighted by Crippen LogP contribution is 2.48. The van der Waals surface area contributed by atoms with Gasteiger partial charge in [0.25, 0.3) is 5.91 Å². The highest BCUT2D eigenvalue weighted by molar-refractivity contribution is 5.98. The Bertz CT molecular complexity index is 2820. The lowest BCUT2D eigenvalue weighted by molar-refractivity contribution is -0.123. The van der Waals surface area contributed by atoms with Gasteiger partial charge in [0, 0.05) is 51.4 Å². The summed E-state index contributed by atoms with van der Waals surface area (Å²) in [5.74, 6) is -0.537. The molecule has 13 nitrogen and oxygen atoms in total. The van der Waals surface area contributed by atoms with E-state index in [1.54, 1.807) is 7.11 Å². The summed E-state index contributed by atoms with van der Waals surface area (Å²) in [6.07, 6.45) is 12.9. The van der Waals surface area contributed by atoms with E-state index in [4.69, 9.17) is 28.4 Å². The molecule has 6 rings (SSSR count). The SMILES string of the molecule is COCCOCCOCCC(=O)NCCCOCCOCCOCCCNC(=O)[C@@H](CCCCNC(C)c1ccc(/C=C(\C)c2ccc3c(c2)C(C)(C)CCC3(C)C)cc1)NC(=O)c1ccc(/C=C(\C)c2ccc3c(c2)C(C)(C)CCC3(C)C)cc1. The van der Waals surface area contributed by atoms with Crippen molar-refractivity contribution in [3.8, 4) is 0 Å². The second kappa shape index (κ2) is 34.3. The summed E-state index contributed by atoms with van der Waals surface area (Å²) in [5, 5.41) is 12.7. The highest BCUT2D eigenvalue weighted by Gasteiger charge is 2.38. The van der Waals surface area contributed by atoms with Gasteiger partial charge in [-0.1, -0.05) is 140 Å². The van der Waals surface area contributed by atoms with Gasteiger partial charge >= 0.3 is 0 Å². The molecule has 0 saturated heterocycles. The number of hydrogen-bond acceptors (Lipinski definition) is 10. The molecule has 3 amide bonds. The highest BCUT2D eigenvalue weighted by atomic mass is 16.5.